The summed E-state index contributed by atoms with van der Waals surface area (Å²) >= 11 is 0. The largest absolute Gasteiger partial charge is 0.492 e. The highest BCUT2D eigenvalue weighted by Gasteiger charge is 2.75. The lowest BCUT2D eigenvalue weighted by atomic mass is 9.79. The van der Waals surface area contributed by atoms with E-state index in [0.717, 1.165) is 29.7 Å². The molecule has 224 valence electrons. The summed E-state index contributed by atoms with van der Waals surface area (Å²) in [6, 6.07) is 1.98. The summed E-state index contributed by atoms with van der Waals surface area (Å²) in [5.41, 5.74) is 11.7. The van der Waals surface area contributed by atoms with Gasteiger partial charge in [0.05, 0.1) is 25.3 Å². The Hall–Kier alpha value is -4.11. The number of hydrogen-bond donors (Lipinski definition) is 7. The normalized spacial score (nSPS) is 32.4. The minimum atomic E-state index is -2.64. The summed E-state index contributed by atoms with van der Waals surface area (Å²) in [6.45, 7) is 4.41. The van der Waals surface area contributed by atoms with E-state index >= 15 is 0 Å². The van der Waals surface area contributed by atoms with Gasteiger partial charge in [-0.2, -0.15) is 0 Å². The van der Waals surface area contributed by atoms with Crippen molar-refractivity contribution >= 4 is 29.8 Å². The Morgan fingerprint density at radius 3 is 2.76 bits per heavy atom. The Bertz CT molecular complexity index is 1470. The Kier molecular flexibility index (Phi) is 5.55. The van der Waals surface area contributed by atoms with Crippen LogP contribution >= 0.6 is 0 Å². The quantitative estimate of drug-likeness (QED) is 0.108. The van der Waals surface area contributed by atoms with Crippen molar-refractivity contribution in [1.82, 2.24) is 25.8 Å². The first-order valence-electron chi connectivity index (χ1n) is 14.3. The fourth-order valence-electron chi connectivity index (χ4n) is 7.10. The highest BCUT2D eigenvalue weighted by atomic mass is 16.5. The smallest absolute Gasteiger partial charge is 0.346 e. The van der Waals surface area contributed by atoms with Gasteiger partial charge in [-0.15, -0.1) is 0 Å². The molecule has 9 N–H and O–H groups in total. The summed E-state index contributed by atoms with van der Waals surface area (Å²) in [6.07, 6.45) is 2.52. The van der Waals surface area contributed by atoms with E-state index in [1.165, 1.54) is 4.58 Å². The van der Waals surface area contributed by atoms with E-state index in [9.17, 15) is 24.6 Å². The van der Waals surface area contributed by atoms with Crippen LogP contribution in [-0.4, -0.2) is 116 Å². The zero-order valence-electron chi connectivity index (χ0n) is 23.5. The van der Waals surface area contributed by atoms with Crippen LogP contribution in [-0.2, 0) is 10.2 Å². The minimum absolute atomic E-state index is 0.00311. The summed E-state index contributed by atoms with van der Waals surface area (Å²) in [5, 5.41) is 32.4. The fourth-order valence-corrected chi connectivity index (χ4v) is 7.10. The van der Waals surface area contributed by atoms with Gasteiger partial charge < -0.3 is 36.2 Å². The van der Waals surface area contributed by atoms with Crippen LogP contribution in [0.4, 0.5) is 4.79 Å². The topological polar surface area (TPSA) is 211 Å². The maximum absolute atomic E-state index is 13.6. The van der Waals surface area contributed by atoms with Crippen molar-refractivity contribution in [1.29, 1.82) is 0 Å². The van der Waals surface area contributed by atoms with Gasteiger partial charge in [0.2, 0.25) is 17.4 Å². The number of hydrogen-bond acceptors (Lipinski definition) is 11. The highest BCUT2D eigenvalue weighted by molar-refractivity contribution is 6.02. The number of amides is 4. The summed E-state index contributed by atoms with van der Waals surface area (Å²) in [5.74, 6) is -3.08. The summed E-state index contributed by atoms with van der Waals surface area (Å²) in [7, 11) is 0. The molecule has 3 unspecified atom stereocenters. The maximum atomic E-state index is 13.6. The van der Waals surface area contributed by atoms with Gasteiger partial charge in [-0.05, 0) is 30.7 Å². The van der Waals surface area contributed by atoms with Gasteiger partial charge in [0.25, 0.3) is 5.91 Å². The number of fused-ring (bicyclic) bond motifs is 1. The Morgan fingerprint density at radius 1 is 1.26 bits per heavy atom. The number of rotatable bonds is 5. The standard InChI is InChI=1S/C27H35N9O6/c1-25(2)8-9-42-19-14(4-3-5-15(19)25)21(38)31-17-11-36-23(29)30-16(20-26(36,27(17,40)41)33-22(28)32-20)10-35-18(37)12-34(24(35)39)13-6-7-13/h3-5,13,16-17,20,40-41H,6-12H2,1-2H3,(H6,28,29,30,31,32,33,38)/p+1/t16-,17?,20?,26?/m0/s1. The van der Waals surface area contributed by atoms with Gasteiger partial charge in [0.1, 0.15) is 30.4 Å². The molecule has 0 radical (unpaired) electrons. The molecule has 0 bridgehead atoms. The number of aliphatic imine (C=N–C) groups is 1. The number of aliphatic hydroxyl groups is 2. The van der Waals surface area contributed by atoms with Crippen molar-refractivity contribution in [2.45, 2.75) is 74.1 Å². The molecule has 2 saturated heterocycles. The first-order valence-corrected chi connectivity index (χ1v) is 14.3. The van der Waals surface area contributed by atoms with Crippen molar-refractivity contribution < 1.29 is 33.9 Å². The molecule has 42 heavy (non-hydrogen) atoms. The van der Waals surface area contributed by atoms with Gasteiger partial charge >= 0.3 is 12.0 Å². The first-order chi connectivity index (χ1) is 19.8. The molecule has 0 aromatic heterocycles. The van der Waals surface area contributed by atoms with Crippen LogP contribution < -0.4 is 32.2 Å². The molecule has 5 aliphatic heterocycles. The predicted molar refractivity (Wildman–Crippen MR) is 147 cm³/mol. The number of urea groups is 1. The van der Waals surface area contributed by atoms with E-state index in [4.69, 9.17) is 16.2 Å². The number of nitrogens with one attached hydrogen (secondary N) is 3. The first kappa shape index (κ1) is 26.8. The van der Waals surface area contributed by atoms with Crippen LogP contribution in [0.15, 0.2) is 23.2 Å². The number of guanidine groups is 2. The number of nitrogens with zero attached hydrogens (tertiary/aromatic N) is 4. The van der Waals surface area contributed by atoms with Crippen molar-refractivity contribution in [3.05, 3.63) is 29.3 Å². The van der Waals surface area contributed by atoms with E-state index < -0.39 is 41.5 Å². The number of para-hydroxylation sites is 1. The maximum Gasteiger partial charge on any atom is 0.346 e. The lowest BCUT2D eigenvalue weighted by Crippen LogP contribution is -2.79. The van der Waals surface area contributed by atoms with Gasteiger partial charge in [-0.3, -0.25) is 25.5 Å². The molecule has 15 nitrogen and oxygen atoms in total. The van der Waals surface area contributed by atoms with E-state index in [-0.39, 0.29) is 54.5 Å². The average molecular weight is 583 g/mol. The second kappa shape index (κ2) is 8.70. The van der Waals surface area contributed by atoms with Gasteiger partial charge in [-0.1, -0.05) is 26.0 Å². The molecular formula is C27H36N9O6+. The average Bonchev–Trinajstić information content (AvgIpc) is 3.59. The van der Waals surface area contributed by atoms with Gasteiger partial charge in [0, 0.05) is 11.6 Å². The second-order valence-corrected chi connectivity index (χ2v) is 12.7. The van der Waals surface area contributed by atoms with Crippen LogP contribution in [0.5, 0.6) is 5.75 Å². The zero-order valence-corrected chi connectivity index (χ0v) is 23.5. The molecule has 4 atom stereocenters. The number of benzene rings is 1. The zero-order chi connectivity index (χ0) is 29.8. The van der Waals surface area contributed by atoms with Crippen LogP contribution in [0.1, 0.15) is 49.0 Å². The molecule has 3 fully saturated rings. The molecule has 15 heteroatoms. The molecule has 6 aliphatic rings. The van der Waals surface area contributed by atoms with Crippen LogP contribution in [0.25, 0.3) is 0 Å². The molecule has 1 spiro atoms. The summed E-state index contributed by atoms with van der Waals surface area (Å²) in [4.78, 5) is 46.6. The second-order valence-electron chi connectivity index (χ2n) is 12.7. The van der Waals surface area contributed by atoms with Crippen molar-refractivity contribution in [2.75, 3.05) is 26.2 Å². The number of carbonyl (C=O) groups excluding carboxylic acids is 3. The third-order valence-corrected chi connectivity index (χ3v) is 9.59. The fraction of sp³-hybridized carbons (Fsp3) is 0.593. The predicted octanol–water partition coefficient (Wildman–Crippen LogP) is -2.75. The molecular weight excluding hydrogens is 546 g/mol. The van der Waals surface area contributed by atoms with E-state index in [2.05, 4.69) is 34.8 Å². The van der Waals surface area contributed by atoms with Gasteiger partial charge in [-0.25, -0.2) is 14.4 Å². The monoisotopic (exact) mass is 582 g/mol. The van der Waals surface area contributed by atoms with E-state index in [0.29, 0.717) is 12.4 Å². The number of ether oxygens (including phenoxy) is 1. The molecule has 1 aliphatic carbocycles. The lowest BCUT2D eigenvalue weighted by molar-refractivity contribution is -0.623. The molecule has 1 aromatic rings. The van der Waals surface area contributed by atoms with Crippen LogP contribution in [0, 0.1) is 0 Å². The van der Waals surface area contributed by atoms with Crippen LogP contribution in [0.3, 0.4) is 0 Å². The van der Waals surface area contributed by atoms with Crippen molar-refractivity contribution in [2.24, 2.45) is 16.5 Å². The molecule has 1 saturated carbocycles. The lowest BCUT2D eigenvalue weighted by Gasteiger charge is -2.44. The SMILES string of the molecule is CC1(C)CCOc2c(C(=O)NC3C[N+]4=C(N)N[C@@H](CN5C(=O)CN(C6CC6)C5=O)C5N=C(N)NC54C3(O)O)cccc21. The number of nitrogens with two attached hydrogens (primary N) is 2. The number of carbonyl (C=O) groups is 3. The molecule has 7 rings (SSSR count). The van der Waals surface area contributed by atoms with E-state index in [1.807, 2.05) is 6.07 Å². The Balaban J connectivity index is 1.18. The third kappa shape index (κ3) is 3.62. The Labute approximate surface area is 241 Å². The Morgan fingerprint density at radius 2 is 2.02 bits per heavy atom. The highest BCUT2D eigenvalue weighted by Crippen LogP contribution is 2.43. The van der Waals surface area contributed by atoms with E-state index in [1.54, 1.807) is 17.0 Å². The molecule has 5 heterocycles. The molecule has 1 aromatic carbocycles. The summed E-state index contributed by atoms with van der Waals surface area (Å²) < 4.78 is 7.38. The minimum Gasteiger partial charge on any atom is -0.492 e. The van der Waals surface area contributed by atoms with Crippen LogP contribution in [0.2, 0.25) is 0 Å². The van der Waals surface area contributed by atoms with Gasteiger partial charge in [0.15, 0.2) is 5.96 Å². The number of imide groups is 1. The third-order valence-electron chi connectivity index (χ3n) is 9.59. The molecule has 4 amide bonds. The van der Waals surface area contributed by atoms with Crippen molar-refractivity contribution in [3.8, 4) is 5.75 Å². The van der Waals surface area contributed by atoms with Crippen molar-refractivity contribution in [3.63, 3.8) is 0 Å².